The summed E-state index contributed by atoms with van der Waals surface area (Å²) in [6, 6.07) is 0.604. The Balaban J connectivity index is 2.48. The lowest BCUT2D eigenvalue weighted by atomic mass is 9.89. The summed E-state index contributed by atoms with van der Waals surface area (Å²) in [4.78, 5) is 14.3. The van der Waals surface area contributed by atoms with Crippen molar-refractivity contribution < 1.29 is 4.79 Å². The van der Waals surface area contributed by atoms with Gasteiger partial charge in [0, 0.05) is 25.6 Å². The molecular weight excluding hydrogens is 224 g/mol. The Morgan fingerprint density at radius 2 is 2.11 bits per heavy atom. The molecule has 3 atom stereocenters. The van der Waals surface area contributed by atoms with Gasteiger partial charge in [0.1, 0.15) is 0 Å². The predicted molar refractivity (Wildman–Crippen MR) is 76.5 cm³/mol. The van der Waals surface area contributed by atoms with Crippen molar-refractivity contribution in [2.75, 3.05) is 19.6 Å². The van der Waals surface area contributed by atoms with Gasteiger partial charge in [-0.3, -0.25) is 4.79 Å². The average Bonchev–Trinajstić information content (AvgIpc) is 2.39. The van der Waals surface area contributed by atoms with Gasteiger partial charge in [0.15, 0.2) is 0 Å². The van der Waals surface area contributed by atoms with Gasteiger partial charge >= 0.3 is 0 Å². The van der Waals surface area contributed by atoms with Crippen molar-refractivity contribution in [1.82, 2.24) is 10.2 Å². The lowest BCUT2D eigenvalue weighted by Gasteiger charge is -2.39. The van der Waals surface area contributed by atoms with Gasteiger partial charge in [-0.25, -0.2) is 0 Å². The van der Waals surface area contributed by atoms with Crippen LogP contribution in [0.3, 0.4) is 0 Å². The van der Waals surface area contributed by atoms with Crippen LogP contribution in [0.15, 0.2) is 0 Å². The van der Waals surface area contributed by atoms with Crippen LogP contribution in [0.25, 0.3) is 0 Å². The summed E-state index contributed by atoms with van der Waals surface area (Å²) < 4.78 is 0. The smallest absolute Gasteiger partial charge is 0.222 e. The highest BCUT2D eigenvalue weighted by Crippen LogP contribution is 2.22. The molecule has 1 N–H and O–H groups in total. The highest BCUT2D eigenvalue weighted by atomic mass is 16.2. The first-order valence-corrected chi connectivity index (χ1v) is 7.63. The molecule has 0 aliphatic carbocycles. The van der Waals surface area contributed by atoms with Crippen LogP contribution in [0, 0.1) is 11.8 Å². The Bertz CT molecular complexity index is 255. The lowest BCUT2D eigenvalue weighted by Crippen LogP contribution is -2.51. The molecule has 0 spiro atoms. The zero-order valence-electron chi connectivity index (χ0n) is 12.5. The molecule has 18 heavy (non-hydrogen) atoms. The minimum Gasteiger partial charge on any atom is -0.342 e. The van der Waals surface area contributed by atoms with E-state index in [4.69, 9.17) is 0 Å². The fourth-order valence-electron chi connectivity index (χ4n) is 2.77. The normalized spacial score (nSPS) is 26.1. The summed E-state index contributed by atoms with van der Waals surface area (Å²) in [5.74, 6) is 1.50. The van der Waals surface area contributed by atoms with E-state index in [1.54, 1.807) is 0 Å². The number of hydrogen-bond acceptors (Lipinski definition) is 2. The van der Waals surface area contributed by atoms with E-state index in [0.717, 1.165) is 45.3 Å². The second-order valence-electron chi connectivity index (χ2n) is 5.68. The van der Waals surface area contributed by atoms with Gasteiger partial charge in [0.25, 0.3) is 0 Å². The second-order valence-corrected chi connectivity index (χ2v) is 5.68. The Morgan fingerprint density at radius 3 is 2.67 bits per heavy atom. The molecule has 3 nitrogen and oxygen atoms in total. The maximum Gasteiger partial charge on any atom is 0.222 e. The quantitative estimate of drug-likeness (QED) is 0.790. The van der Waals surface area contributed by atoms with Gasteiger partial charge in [-0.2, -0.15) is 0 Å². The summed E-state index contributed by atoms with van der Waals surface area (Å²) in [7, 11) is 0. The number of nitrogens with one attached hydrogen (secondary N) is 1. The molecule has 0 aromatic rings. The fourth-order valence-corrected chi connectivity index (χ4v) is 2.77. The van der Waals surface area contributed by atoms with Gasteiger partial charge in [0.05, 0.1) is 0 Å². The Kier molecular flexibility index (Phi) is 6.69. The minimum atomic E-state index is 0.359. The molecule has 0 saturated carbocycles. The standard InChI is InChI=1S/C15H30N2O/c1-5-12(4)10-15(18)17-9-8-14(16-7-3)13(6-2)11-17/h12-14,16H,5-11H2,1-4H3. The number of hydrogen-bond donors (Lipinski definition) is 1. The van der Waals surface area contributed by atoms with E-state index in [1.165, 1.54) is 0 Å². The maximum absolute atomic E-state index is 12.2. The van der Waals surface area contributed by atoms with Crippen molar-refractivity contribution in [2.45, 2.75) is 59.4 Å². The summed E-state index contributed by atoms with van der Waals surface area (Å²) in [5, 5.41) is 3.56. The molecule has 1 heterocycles. The van der Waals surface area contributed by atoms with Crippen LogP contribution in [-0.4, -0.2) is 36.5 Å². The van der Waals surface area contributed by atoms with Gasteiger partial charge in [-0.1, -0.05) is 40.5 Å². The highest BCUT2D eigenvalue weighted by molar-refractivity contribution is 5.76. The summed E-state index contributed by atoms with van der Waals surface area (Å²) in [5.41, 5.74) is 0. The molecule has 106 valence electrons. The van der Waals surface area contributed by atoms with Gasteiger partial charge in [-0.15, -0.1) is 0 Å². The number of likely N-dealkylation sites (tertiary alicyclic amines) is 1. The first kappa shape index (κ1) is 15.5. The molecule has 0 aromatic carbocycles. The van der Waals surface area contributed by atoms with Gasteiger partial charge in [-0.05, 0) is 24.8 Å². The highest BCUT2D eigenvalue weighted by Gasteiger charge is 2.29. The molecule has 1 aliphatic heterocycles. The number of nitrogens with zero attached hydrogens (tertiary/aromatic N) is 1. The number of carbonyl (C=O) groups is 1. The largest absolute Gasteiger partial charge is 0.342 e. The van der Waals surface area contributed by atoms with Crippen LogP contribution in [0.4, 0.5) is 0 Å². The van der Waals surface area contributed by atoms with Gasteiger partial charge < -0.3 is 10.2 Å². The topological polar surface area (TPSA) is 32.3 Å². The van der Waals surface area contributed by atoms with Crippen LogP contribution in [0.5, 0.6) is 0 Å². The molecule has 1 aliphatic rings. The van der Waals surface area contributed by atoms with E-state index in [1.807, 2.05) is 0 Å². The van der Waals surface area contributed by atoms with Crippen LogP contribution >= 0.6 is 0 Å². The van der Waals surface area contributed by atoms with E-state index < -0.39 is 0 Å². The molecule has 0 radical (unpaired) electrons. The van der Waals surface area contributed by atoms with E-state index in [0.29, 0.717) is 23.8 Å². The molecule has 1 rings (SSSR count). The maximum atomic E-state index is 12.2. The van der Waals surface area contributed by atoms with Crippen molar-refractivity contribution in [1.29, 1.82) is 0 Å². The second kappa shape index (κ2) is 7.78. The van der Waals surface area contributed by atoms with E-state index >= 15 is 0 Å². The summed E-state index contributed by atoms with van der Waals surface area (Å²) in [6.45, 7) is 11.6. The average molecular weight is 254 g/mol. The third-order valence-corrected chi connectivity index (χ3v) is 4.30. The number of carbonyl (C=O) groups excluding carboxylic acids is 1. The monoisotopic (exact) mass is 254 g/mol. The first-order valence-electron chi connectivity index (χ1n) is 7.63. The minimum absolute atomic E-state index is 0.359. The molecule has 0 aromatic heterocycles. The number of amides is 1. The van der Waals surface area contributed by atoms with E-state index in [-0.39, 0.29) is 0 Å². The van der Waals surface area contributed by atoms with Crippen LogP contribution in [0.1, 0.15) is 53.4 Å². The van der Waals surface area contributed by atoms with Crippen molar-refractivity contribution in [2.24, 2.45) is 11.8 Å². The predicted octanol–water partition coefficient (Wildman–Crippen LogP) is 2.66. The van der Waals surface area contributed by atoms with Crippen molar-refractivity contribution in [3.63, 3.8) is 0 Å². The molecular formula is C15H30N2O. The molecule has 1 amide bonds. The van der Waals surface area contributed by atoms with Crippen molar-refractivity contribution >= 4 is 5.91 Å². The van der Waals surface area contributed by atoms with Crippen LogP contribution in [0.2, 0.25) is 0 Å². The summed E-state index contributed by atoms with van der Waals surface area (Å²) >= 11 is 0. The third-order valence-electron chi connectivity index (χ3n) is 4.30. The van der Waals surface area contributed by atoms with Crippen LogP contribution < -0.4 is 5.32 Å². The van der Waals surface area contributed by atoms with E-state index in [9.17, 15) is 4.79 Å². The van der Waals surface area contributed by atoms with Crippen molar-refractivity contribution in [3.05, 3.63) is 0 Å². The molecule has 1 fully saturated rings. The molecule has 0 bridgehead atoms. The Hall–Kier alpha value is -0.570. The molecule has 1 saturated heterocycles. The van der Waals surface area contributed by atoms with Gasteiger partial charge in [0.2, 0.25) is 5.91 Å². The molecule has 3 heteroatoms. The zero-order valence-corrected chi connectivity index (χ0v) is 12.5. The number of rotatable bonds is 6. The fraction of sp³-hybridized carbons (Fsp3) is 0.933. The summed E-state index contributed by atoms with van der Waals surface area (Å²) in [6.07, 6.45) is 4.08. The van der Waals surface area contributed by atoms with Crippen LogP contribution in [-0.2, 0) is 4.79 Å². The third kappa shape index (κ3) is 4.27. The molecule has 3 unspecified atom stereocenters. The van der Waals surface area contributed by atoms with E-state index in [2.05, 4.69) is 37.9 Å². The zero-order chi connectivity index (χ0) is 13.5. The number of piperidine rings is 1. The SMILES string of the molecule is CCNC1CCN(C(=O)CC(C)CC)CC1CC. The lowest BCUT2D eigenvalue weighted by molar-refractivity contribution is -0.134. The van der Waals surface area contributed by atoms with Crippen molar-refractivity contribution in [3.8, 4) is 0 Å². The Morgan fingerprint density at radius 1 is 1.39 bits per heavy atom. The first-order chi connectivity index (χ1) is 8.62. The Labute approximate surface area is 112 Å².